The lowest BCUT2D eigenvalue weighted by atomic mass is 10.0. The Hall–Kier alpha value is -2.73. The van der Waals surface area contributed by atoms with Gasteiger partial charge in [-0.2, -0.15) is 0 Å². The number of carbonyl (C=O) groups is 1. The maximum atomic E-state index is 12.1. The Morgan fingerprint density at radius 1 is 1.23 bits per heavy atom. The Morgan fingerprint density at radius 3 is 2.50 bits per heavy atom. The van der Waals surface area contributed by atoms with E-state index in [4.69, 9.17) is 26.0 Å². The number of benzene rings is 2. The molecule has 2 aliphatic rings. The molecule has 0 fully saturated rings. The van der Waals surface area contributed by atoms with Crippen molar-refractivity contribution in [3.63, 3.8) is 0 Å². The highest BCUT2D eigenvalue weighted by Crippen LogP contribution is 2.40. The second-order valence-electron chi connectivity index (χ2n) is 5.90. The van der Waals surface area contributed by atoms with Gasteiger partial charge in [-0.1, -0.05) is 28.9 Å². The number of fused-ring (bicyclic) bond motifs is 3. The number of oxime groups is 1. The van der Waals surface area contributed by atoms with Crippen molar-refractivity contribution >= 4 is 29.0 Å². The van der Waals surface area contributed by atoms with Crippen LogP contribution in [0.25, 0.3) is 0 Å². The fourth-order valence-corrected chi connectivity index (χ4v) is 3.02. The van der Waals surface area contributed by atoms with Gasteiger partial charge in [0.25, 0.3) is 0 Å². The molecule has 0 saturated carbocycles. The molecule has 7 heteroatoms. The van der Waals surface area contributed by atoms with Crippen LogP contribution in [-0.4, -0.2) is 25.9 Å². The van der Waals surface area contributed by atoms with Crippen LogP contribution in [0.4, 0.5) is 5.69 Å². The lowest BCUT2D eigenvalue weighted by molar-refractivity contribution is -0.132. The van der Waals surface area contributed by atoms with E-state index >= 15 is 0 Å². The highest BCUT2D eigenvalue weighted by atomic mass is 35.5. The number of rotatable bonds is 5. The van der Waals surface area contributed by atoms with Gasteiger partial charge in [0.05, 0.1) is 24.4 Å². The number of hydrogen-bond donors (Lipinski definition) is 0. The second-order valence-corrected chi connectivity index (χ2v) is 6.33. The van der Waals surface area contributed by atoms with Crippen molar-refractivity contribution in [1.29, 1.82) is 0 Å². The van der Waals surface area contributed by atoms with E-state index in [1.165, 1.54) is 14.2 Å². The third kappa shape index (κ3) is 3.20. The molecular weight excluding hydrogens is 356 g/mol. The summed E-state index contributed by atoms with van der Waals surface area (Å²) in [4.78, 5) is 22.9. The predicted octanol–water partition coefficient (Wildman–Crippen LogP) is 4.05. The minimum Gasteiger partial charge on any atom is -0.464 e. The van der Waals surface area contributed by atoms with E-state index < -0.39 is 5.97 Å². The molecule has 2 bridgehead atoms. The molecule has 26 heavy (non-hydrogen) atoms. The largest absolute Gasteiger partial charge is 0.464 e. The molecule has 1 atom stereocenters. The summed E-state index contributed by atoms with van der Waals surface area (Å²) in [5, 5.41) is 6.28. The minimum atomic E-state index is -0.590. The Morgan fingerprint density at radius 2 is 1.92 bits per heavy atom. The Labute approximate surface area is 156 Å². The fraction of sp³-hybridized carbons (Fsp3) is 0.263. The van der Waals surface area contributed by atoms with Crippen LogP contribution in [0.1, 0.15) is 29.7 Å². The molecule has 2 aromatic carbocycles. The first kappa shape index (κ1) is 18.1. The van der Waals surface area contributed by atoms with Crippen LogP contribution in [-0.2, 0) is 14.4 Å². The van der Waals surface area contributed by atoms with Crippen LogP contribution in [0.2, 0.25) is 5.02 Å². The van der Waals surface area contributed by atoms with Gasteiger partial charge < -0.3 is 14.4 Å². The van der Waals surface area contributed by atoms with Crippen molar-refractivity contribution in [2.24, 2.45) is 5.16 Å². The predicted molar refractivity (Wildman–Crippen MR) is 99.7 cm³/mol. The van der Waals surface area contributed by atoms with Crippen molar-refractivity contribution in [3.05, 3.63) is 58.1 Å². The van der Waals surface area contributed by atoms with E-state index in [0.29, 0.717) is 16.3 Å². The summed E-state index contributed by atoms with van der Waals surface area (Å²) in [6.07, 6.45) is 0. The smallest absolute Gasteiger partial charge is 0.360 e. The van der Waals surface area contributed by atoms with E-state index in [0.717, 1.165) is 16.8 Å². The molecule has 6 nitrogen and oxygen atoms in total. The number of nitrogens with zero attached hydrogens (tertiary/aromatic N) is 2. The van der Waals surface area contributed by atoms with Gasteiger partial charge >= 0.3 is 5.97 Å². The number of methoxy groups -OCH3 is 1. The molecule has 1 unspecified atom stereocenters. The molecule has 0 aliphatic carbocycles. The van der Waals surface area contributed by atoms with Crippen LogP contribution in [0, 0.1) is 6.92 Å². The van der Waals surface area contributed by atoms with Crippen LogP contribution in [0.15, 0.2) is 41.6 Å². The molecule has 136 valence electrons. The van der Waals surface area contributed by atoms with Gasteiger partial charge in [-0.25, -0.2) is 9.86 Å². The fourth-order valence-electron chi connectivity index (χ4n) is 2.89. The molecule has 0 radical (unpaired) electrons. The molecule has 4 rings (SSSR count). The van der Waals surface area contributed by atoms with E-state index in [1.807, 2.05) is 50.2 Å². The average molecular weight is 375 g/mol. The van der Waals surface area contributed by atoms with Crippen LogP contribution >= 0.6 is 11.6 Å². The number of esters is 1. The molecule has 2 aliphatic heterocycles. The van der Waals surface area contributed by atoms with E-state index in [-0.39, 0.29) is 11.8 Å². The molecule has 0 spiro atoms. The highest BCUT2D eigenvalue weighted by molar-refractivity contribution is 6.44. The third-order valence-corrected chi connectivity index (χ3v) is 4.48. The summed E-state index contributed by atoms with van der Waals surface area (Å²) in [6, 6.07) is 11.4. The molecule has 2 aromatic rings. The van der Waals surface area contributed by atoms with Crippen LogP contribution < -0.4 is 9.90 Å². The van der Waals surface area contributed by atoms with Gasteiger partial charge in [0.1, 0.15) is 7.11 Å². The van der Waals surface area contributed by atoms with Gasteiger partial charge in [0, 0.05) is 5.02 Å². The van der Waals surface area contributed by atoms with E-state index in [2.05, 4.69) is 5.16 Å². The minimum absolute atomic E-state index is 0.0552. The summed E-state index contributed by atoms with van der Waals surface area (Å²) < 4.78 is 4.80. The van der Waals surface area contributed by atoms with Crippen molar-refractivity contribution < 1.29 is 19.2 Å². The first-order valence-electron chi connectivity index (χ1n) is 8.03. The Kier molecular flexibility index (Phi) is 5.04. The highest BCUT2D eigenvalue weighted by Gasteiger charge is 2.32. The number of hydrogen-bond acceptors (Lipinski definition) is 6. The first-order valence-corrected chi connectivity index (χ1v) is 8.41. The molecule has 2 heterocycles. The van der Waals surface area contributed by atoms with Crippen molar-refractivity contribution in [3.8, 4) is 5.75 Å². The summed E-state index contributed by atoms with van der Waals surface area (Å²) >= 11 is 5.97. The van der Waals surface area contributed by atoms with Crippen LogP contribution in [0.5, 0.6) is 5.75 Å². The van der Waals surface area contributed by atoms with Crippen molar-refractivity contribution in [2.75, 3.05) is 19.3 Å². The SMILES string of the molecule is CON=C(C(=O)OC)c1cc2cc(C)c1ON2C(C)c1ccc(Cl)cc1. The molecular formula is C19H19ClN2O4. The lowest BCUT2D eigenvalue weighted by Gasteiger charge is -2.36. The average Bonchev–Trinajstić information content (AvgIpc) is 2.65. The quantitative estimate of drug-likeness (QED) is 0.449. The maximum absolute atomic E-state index is 12.1. The second kappa shape index (κ2) is 7.25. The number of carbonyl (C=O) groups excluding carboxylic acids is 1. The number of ether oxygens (including phenoxy) is 1. The van der Waals surface area contributed by atoms with E-state index in [9.17, 15) is 4.79 Å². The normalized spacial score (nSPS) is 14.0. The molecule has 0 saturated heterocycles. The van der Waals surface area contributed by atoms with Gasteiger partial charge in [0.15, 0.2) is 11.5 Å². The monoisotopic (exact) mass is 374 g/mol. The topological polar surface area (TPSA) is 60.4 Å². The molecule has 0 N–H and O–H groups in total. The first-order chi connectivity index (χ1) is 12.5. The summed E-state index contributed by atoms with van der Waals surface area (Å²) in [6.45, 7) is 3.94. The zero-order valence-corrected chi connectivity index (χ0v) is 15.7. The van der Waals surface area contributed by atoms with Crippen molar-refractivity contribution in [1.82, 2.24) is 0 Å². The number of anilines is 1. The van der Waals surface area contributed by atoms with Gasteiger partial charge in [-0.3, -0.25) is 0 Å². The third-order valence-electron chi connectivity index (χ3n) is 4.22. The summed E-state index contributed by atoms with van der Waals surface area (Å²) in [5.41, 5.74) is 3.35. The van der Waals surface area contributed by atoms with E-state index in [1.54, 1.807) is 5.06 Å². The molecule has 0 aromatic heterocycles. The van der Waals surface area contributed by atoms with Gasteiger partial charge in [-0.15, -0.1) is 0 Å². The Balaban J connectivity index is 1.99. The van der Waals surface area contributed by atoms with Crippen LogP contribution in [0.3, 0.4) is 0 Å². The maximum Gasteiger partial charge on any atom is 0.360 e. The molecule has 0 amide bonds. The van der Waals surface area contributed by atoms with Gasteiger partial charge in [-0.05, 0) is 49.2 Å². The summed E-state index contributed by atoms with van der Waals surface area (Å²) in [7, 11) is 2.67. The van der Waals surface area contributed by atoms with Gasteiger partial charge in [0.2, 0.25) is 0 Å². The lowest BCUT2D eigenvalue weighted by Crippen LogP contribution is -2.35. The standard InChI is InChI=1S/C19H19ClN2O4/c1-11-9-15-10-16(17(21-25-4)19(23)24-3)18(11)26-22(15)12(2)13-5-7-14(20)8-6-13/h5-10,12H,1-4H3. The zero-order valence-electron chi connectivity index (χ0n) is 14.9. The summed E-state index contributed by atoms with van der Waals surface area (Å²) in [5.74, 6) is -0.0468. The Bertz CT molecular complexity index is 865. The number of halogens is 1. The van der Waals surface area contributed by atoms with Crippen molar-refractivity contribution in [2.45, 2.75) is 19.9 Å². The number of hydroxylamine groups is 1. The number of aryl methyl sites for hydroxylation is 1. The zero-order chi connectivity index (χ0) is 18.8.